The summed E-state index contributed by atoms with van der Waals surface area (Å²) in [7, 11) is 2.26. The molecule has 3 aliphatic carbocycles. The summed E-state index contributed by atoms with van der Waals surface area (Å²) in [4.78, 5) is 33.9. The summed E-state index contributed by atoms with van der Waals surface area (Å²) in [5.74, 6) is 1.29. The topological polar surface area (TPSA) is 83.9 Å². The maximum atomic E-state index is 15.0. The van der Waals surface area contributed by atoms with Crippen molar-refractivity contribution in [2.24, 2.45) is 5.41 Å². The first-order chi connectivity index (χ1) is 23.9. The number of aromatic nitrogens is 1. The molecule has 2 saturated heterocycles. The lowest BCUT2D eigenvalue weighted by molar-refractivity contribution is -0.278. The van der Waals surface area contributed by atoms with E-state index in [2.05, 4.69) is 50.4 Å². The molecule has 252 valence electrons. The van der Waals surface area contributed by atoms with E-state index in [4.69, 9.17) is 4.74 Å². The van der Waals surface area contributed by atoms with Crippen LogP contribution in [0, 0.1) is 5.41 Å². The molecule has 1 aromatic heterocycles. The number of nitrogens with one attached hydrogen (secondary N) is 1. The number of piperidine rings is 1. The summed E-state index contributed by atoms with van der Waals surface area (Å²) in [6, 6.07) is 22.1. The summed E-state index contributed by atoms with van der Waals surface area (Å²) < 4.78 is 24.0. The van der Waals surface area contributed by atoms with E-state index < -0.39 is 16.4 Å². The van der Waals surface area contributed by atoms with Gasteiger partial charge in [0.05, 0.1) is 40.7 Å². The first-order valence-electron chi connectivity index (χ1n) is 18.0. The molecule has 1 N–H and O–H groups in total. The van der Waals surface area contributed by atoms with E-state index in [0.717, 1.165) is 48.9 Å². The second kappa shape index (κ2) is 10.5. The van der Waals surface area contributed by atoms with Crippen LogP contribution in [0.5, 0.6) is 5.75 Å². The van der Waals surface area contributed by atoms with Crippen molar-refractivity contribution in [3.8, 4) is 17.0 Å². The van der Waals surface area contributed by atoms with Crippen LogP contribution in [0.1, 0.15) is 84.7 Å². The molecule has 4 aromatic rings. The number of fused-ring (bicyclic) bond motifs is 7. The number of carbonyl (C=O) groups excluding carboxylic acids is 2. The van der Waals surface area contributed by atoms with Crippen LogP contribution in [0.25, 0.3) is 22.2 Å². The van der Waals surface area contributed by atoms with E-state index >= 15 is 0 Å². The van der Waals surface area contributed by atoms with Gasteiger partial charge in [0.15, 0.2) is 11.0 Å². The highest BCUT2D eigenvalue weighted by molar-refractivity contribution is 7.83. The zero-order valence-electron chi connectivity index (χ0n) is 28.1. The summed E-state index contributed by atoms with van der Waals surface area (Å²) >= 11 is 0. The van der Waals surface area contributed by atoms with Gasteiger partial charge in [-0.15, -0.1) is 0 Å². The Kier molecular flexibility index (Phi) is 6.43. The number of amides is 2. The van der Waals surface area contributed by atoms with Gasteiger partial charge in [0, 0.05) is 41.0 Å². The highest BCUT2D eigenvalue weighted by atomic mass is 32.2. The molecule has 5 fully saturated rings. The number of likely N-dealkylation sites (N-methyl/N-ethyl adjacent to an activating group) is 1. The van der Waals surface area contributed by atoms with Gasteiger partial charge in [-0.2, -0.15) is 0 Å². The van der Waals surface area contributed by atoms with E-state index in [1.807, 2.05) is 30.3 Å². The molecule has 8 nitrogen and oxygen atoms in total. The van der Waals surface area contributed by atoms with Gasteiger partial charge in [0.1, 0.15) is 5.75 Å². The first kappa shape index (κ1) is 29.9. The molecular formula is C40H42N4O4S. The minimum Gasteiger partial charge on any atom is -0.497 e. The monoisotopic (exact) mass is 674 g/mol. The maximum Gasteiger partial charge on any atom is 0.263 e. The van der Waals surface area contributed by atoms with Crippen LogP contribution < -0.4 is 9.46 Å². The molecule has 3 aromatic carbocycles. The highest BCUT2D eigenvalue weighted by Crippen LogP contribution is 2.69. The van der Waals surface area contributed by atoms with Crippen molar-refractivity contribution in [2.45, 2.75) is 92.3 Å². The molecule has 2 amide bonds. The average molecular weight is 675 g/mol. The Balaban J connectivity index is 1.12. The number of rotatable bonds is 6. The van der Waals surface area contributed by atoms with E-state index in [9.17, 15) is 13.8 Å². The Morgan fingerprint density at radius 1 is 0.959 bits per heavy atom. The minimum atomic E-state index is -1.67. The highest BCUT2D eigenvalue weighted by Gasteiger charge is 2.78. The standard InChI is InChI=1S/C40H42N4O4S/c1-42-22-34-40(42)18-17-33(40)44(34)38(46)39-21-31(39)30-20-26(48-2)14-16-28(30)36-35(24-9-5-3-6-10-24)29-15-13-25(19-32(29)43(36)23-39)37(45)41-49(47)27-11-7-4-8-12-27/h4,7-8,11-16,19-20,24,31,33-34H,3,5-6,9-10,17-18,21-23H2,1-2H3,(H,41,45). The molecule has 3 aliphatic heterocycles. The molecule has 0 radical (unpaired) electrons. The lowest BCUT2D eigenvalue weighted by Crippen LogP contribution is -2.96. The lowest BCUT2D eigenvalue weighted by Gasteiger charge is -2.80. The van der Waals surface area contributed by atoms with E-state index in [-0.39, 0.29) is 17.4 Å². The van der Waals surface area contributed by atoms with E-state index in [1.54, 1.807) is 19.2 Å². The van der Waals surface area contributed by atoms with Gasteiger partial charge in [-0.1, -0.05) is 43.5 Å². The van der Waals surface area contributed by atoms with Crippen molar-refractivity contribution in [3.63, 3.8) is 0 Å². The molecule has 6 aliphatic rings. The Bertz CT molecular complexity index is 2080. The van der Waals surface area contributed by atoms with E-state index in [1.165, 1.54) is 48.1 Å². The van der Waals surface area contributed by atoms with Crippen molar-refractivity contribution in [1.82, 2.24) is 19.1 Å². The summed E-state index contributed by atoms with van der Waals surface area (Å²) in [5, 5.41) is 1.16. The zero-order chi connectivity index (χ0) is 33.2. The van der Waals surface area contributed by atoms with Gasteiger partial charge in [0.25, 0.3) is 5.91 Å². The lowest BCUT2D eigenvalue weighted by atomic mass is 9.52. The van der Waals surface area contributed by atoms with Crippen LogP contribution in [0.2, 0.25) is 0 Å². The number of carbonyl (C=O) groups is 2. The SMILES string of the molecule is COc1ccc2c(c1)C1CC1(C(=O)N1C3CCC34C1CN4C)Cn1c-2c(C2CCCCC2)c2ccc(C(=O)NS(=O)c3ccccc3)cc21. The summed E-state index contributed by atoms with van der Waals surface area (Å²) in [6.45, 7) is 1.55. The number of methoxy groups -OCH3 is 1. The summed E-state index contributed by atoms with van der Waals surface area (Å²) in [6.07, 6.45) is 9.04. The van der Waals surface area contributed by atoms with Gasteiger partial charge in [-0.3, -0.25) is 19.2 Å². The van der Waals surface area contributed by atoms with Crippen LogP contribution in [-0.4, -0.2) is 68.7 Å². The number of likely N-dealkylation sites (tertiary alicyclic amines) is 2. The van der Waals surface area contributed by atoms with Crippen molar-refractivity contribution >= 4 is 33.7 Å². The first-order valence-corrected chi connectivity index (χ1v) is 19.2. The van der Waals surface area contributed by atoms with Crippen molar-refractivity contribution in [1.29, 1.82) is 0 Å². The molecule has 3 saturated carbocycles. The second-order valence-corrected chi connectivity index (χ2v) is 16.7. The molecule has 9 heteroatoms. The fourth-order valence-corrected chi connectivity index (χ4v) is 11.5. The fourth-order valence-electron chi connectivity index (χ4n) is 10.7. The fraction of sp³-hybridized carbons (Fsp3) is 0.450. The predicted octanol–water partition coefficient (Wildman–Crippen LogP) is 6.36. The van der Waals surface area contributed by atoms with Crippen LogP contribution in [-0.2, 0) is 22.3 Å². The minimum absolute atomic E-state index is 0.118. The smallest absolute Gasteiger partial charge is 0.263 e. The number of nitrogens with zero attached hydrogens (tertiary/aromatic N) is 3. The maximum absolute atomic E-state index is 15.0. The van der Waals surface area contributed by atoms with Crippen LogP contribution >= 0.6 is 0 Å². The molecule has 1 spiro atoms. The number of benzene rings is 3. The Hall–Kier alpha value is -3.95. The number of hydrogen-bond acceptors (Lipinski definition) is 5. The Morgan fingerprint density at radius 2 is 1.78 bits per heavy atom. The number of piperazine rings is 1. The van der Waals surface area contributed by atoms with Gasteiger partial charge < -0.3 is 14.2 Å². The van der Waals surface area contributed by atoms with Crippen LogP contribution in [0.4, 0.5) is 0 Å². The van der Waals surface area contributed by atoms with Crippen molar-refractivity contribution in [3.05, 3.63) is 83.4 Å². The van der Waals surface area contributed by atoms with Gasteiger partial charge in [-0.25, -0.2) is 4.21 Å². The largest absolute Gasteiger partial charge is 0.497 e. The molecule has 6 unspecified atom stereocenters. The van der Waals surface area contributed by atoms with Gasteiger partial charge >= 0.3 is 0 Å². The van der Waals surface area contributed by atoms with E-state index in [0.29, 0.717) is 40.9 Å². The molecule has 10 rings (SSSR count). The molecular weight excluding hydrogens is 633 g/mol. The quantitative estimate of drug-likeness (QED) is 0.257. The zero-order valence-corrected chi connectivity index (χ0v) is 28.9. The number of hydrogen-bond donors (Lipinski definition) is 1. The normalized spacial score (nSPS) is 30.2. The van der Waals surface area contributed by atoms with Crippen molar-refractivity contribution < 1.29 is 18.5 Å². The van der Waals surface area contributed by atoms with Crippen molar-refractivity contribution in [2.75, 3.05) is 20.7 Å². The Labute approximate surface area is 289 Å². The van der Waals surface area contributed by atoms with Crippen LogP contribution in [0.15, 0.2) is 71.6 Å². The molecule has 0 bridgehead atoms. The molecule has 4 heterocycles. The van der Waals surface area contributed by atoms with Gasteiger partial charge in [0.2, 0.25) is 5.91 Å². The van der Waals surface area contributed by atoms with Crippen LogP contribution in [0.3, 0.4) is 0 Å². The third-order valence-corrected chi connectivity index (χ3v) is 14.5. The predicted molar refractivity (Wildman–Crippen MR) is 189 cm³/mol. The number of ether oxygens (including phenoxy) is 1. The molecule has 6 atom stereocenters. The Morgan fingerprint density at radius 3 is 2.49 bits per heavy atom. The van der Waals surface area contributed by atoms with Gasteiger partial charge in [-0.05, 0) is 98.7 Å². The molecule has 49 heavy (non-hydrogen) atoms. The average Bonchev–Trinajstić information content (AvgIpc) is 3.79. The third-order valence-electron chi connectivity index (χ3n) is 13.4. The second-order valence-electron chi connectivity index (χ2n) is 15.4. The summed E-state index contributed by atoms with van der Waals surface area (Å²) in [5.41, 5.74) is 6.10. The third kappa shape index (κ3) is 3.97.